The van der Waals surface area contributed by atoms with Gasteiger partial charge in [0, 0.05) is 6.42 Å². The summed E-state index contributed by atoms with van der Waals surface area (Å²) in [5.74, 6) is -2.70. The van der Waals surface area contributed by atoms with Crippen molar-refractivity contribution in [3.63, 3.8) is 0 Å². The van der Waals surface area contributed by atoms with Crippen LogP contribution in [0.5, 0.6) is 11.5 Å². The third-order valence-electron chi connectivity index (χ3n) is 6.38. The number of benzene rings is 2. The molecule has 1 saturated carbocycles. The highest BCUT2D eigenvalue weighted by atomic mass is 19.3. The molecule has 0 radical (unpaired) electrons. The van der Waals surface area contributed by atoms with E-state index < -0.39 is 29.6 Å². The number of esters is 1. The van der Waals surface area contributed by atoms with Gasteiger partial charge in [0.1, 0.15) is 24.1 Å². The third-order valence-corrected chi connectivity index (χ3v) is 6.38. The van der Waals surface area contributed by atoms with E-state index in [9.17, 15) is 28.5 Å². The number of unbranched alkanes of at least 4 members (excludes halogenated alkanes) is 1. The number of amides is 1. The van der Waals surface area contributed by atoms with E-state index >= 15 is 0 Å². The first kappa shape index (κ1) is 34.9. The first-order chi connectivity index (χ1) is 20.6. The Hall–Kier alpha value is -4.28. The molecule has 43 heavy (non-hydrogen) atoms. The van der Waals surface area contributed by atoms with Crippen LogP contribution in [0.4, 0.5) is 8.78 Å². The number of ether oxygens (including phenoxy) is 2. The molecule has 1 fully saturated rings. The van der Waals surface area contributed by atoms with Crippen molar-refractivity contribution >= 4 is 11.9 Å². The molecule has 1 aliphatic rings. The normalized spacial score (nSPS) is 14.1. The van der Waals surface area contributed by atoms with Gasteiger partial charge in [-0.3, -0.25) is 4.79 Å². The molecule has 1 amide bonds. The van der Waals surface area contributed by atoms with E-state index in [-0.39, 0.29) is 18.3 Å². The average Bonchev–Trinajstić information content (AvgIpc) is 3.51. The van der Waals surface area contributed by atoms with Crippen LogP contribution in [0, 0.1) is 16.0 Å². The molecule has 11 heteroatoms. The highest BCUT2D eigenvalue weighted by Gasteiger charge is 2.27. The molecule has 234 valence electrons. The van der Waals surface area contributed by atoms with Gasteiger partial charge in [0.2, 0.25) is 5.91 Å². The fraction of sp³-hybridized carbons (Fsp3) is 0.438. The molecule has 0 spiro atoms. The summed E-state index contributed by atoms with van der Waals surface area (Å²) >= 11 is 0. The Morgan fingerprint density at radius 2 is 1.81 bits per heavy atom. The maximum atomic E-state index is 13.6. The Bertz CT molecular complexity index is 1200. The summed E-state index contributed by atoms with van der Waals surface area (Å²) in [5, 5.41) is 11.9. The molecule has 9 nitrogen and oxygen atoms in total. The third kappa shape index (κ3) is 15.5. The summed E-state index contributed by atoms with van der Waals surface area (Å²) in [6.07, 6.45) is 12.8. The molecular formula is C32H40F2N2O7. The first-order valence-corrected chi connectivity index (χ1v) is 14.3. The Labute approximate surface area is 251 Å². The molecule has 1 atom stereocenters. The molecule has 0 aliphatic heterocycles. The van der Waals surface area contributed by atoms with Crippen molar-refractivity contribution in [2.75, 3.05) is 6.61 Å². The van der Waals surface area contributed by atoms with Gasteiger partial charge in [-0.25, -0.2) is 4.79 Å². The van der Waals surface area contributed by atoms with E-state index in [0.717, 1.165) is 38.2 Å². The number of para-hydroxylation sites is 1. The van der Waals surface area contributed by atoms with Crippen LogP contribution >= 0.6 is 0 Å². The molecule has 0 aromatic heterocycles. The molecule has 1 unspecified atom stereocenters. The minimum atomic E-state index is -2.89. The Balaban J connectivity index is 0.000000315. The van der Waals surface area contributed by atoms with Crippen molar-refractivity contribution in [3.05, 3.63) is 94.6 Å². The van der Waals surface area contributed by atoms with Crippen LogP contribution in [0.15, 0.2) is 78.9 Å². The van der Waals surface area contributed by atoms with Crippen molar-refractivity contribution in [3.8, 4) is 11.5 Å². The van der Waals surface area contributed by atoms with E-state index in [2.05, 4.69) is 10.2 Å². The largest absolute Gasteiger partial charge is 0.487 e. The zero-order valence-electron chi connectivity index (χ0n) is 24.6. The highest BCUT2D eigenvalue weighted by Crippen LogP contribution is 2.28. The Morgan fingerprint density at radius 1 is 1.12 bits per heavy atom. The maximum Gasteiger partial charge on any atom is 0.333 e. The van der Waals surface area contributed by atoms with Gasteiger partial charge >= 0.3 is 5.97 Å². The molecule has 2 aromatic rings. The second-order valence-electron chi connectivity index (χ2n) is 10.1. The van der Waals surface area contributed by atoms with Gasteiger partial charge in [-0.2, -0.15) is 8.78 Å². The van der Waals surface area contributed by atoms with Crippen molar-refractivity contribution in [2.24, 2.45) is 5.92 Å². The van der Waals surface area contributed by atoms with Crippen LogP contribution in [-0.4, -0.2) is 35.5 Å². The topological polar surface area (TPSA) is 117 Å². The van der Waals surface area contributed by atoms with Crippen molar-refractivity contribution in [1.82, 2.24) is 5.32 Å². The molecule has 1 aliphatic carbocycles. The summed E-state index contributed by atoms with van der Waals surface area (Å²) in [5.41, 5.74) is 0.489. The number of rotatable bonds is 15. The zero-order valence-corrected chi connectivity index (χ0v) is 24.6. The molecule has 1 N–H and O–H groups in total. The van der Waals surface area contributed by atoms with E-state index in [0.29, 0.717) is 30.1 Å². The van der Waals surface area contributed by atoms with E-state index in [4.69, 9.17) is 9.47 Å². The Kier molecular flexibility index (Phi) is 15.4. The van der Waals surface area contributed by atoms with Crippen LogP contribution in [0.1, 0.15) is 64.4 Å². The molecule has 0 bridgehead atoms. The Morgan fingerprint density at radius 3 is 2.49 bits per heavy atom. The van der Waals surface area contributed by atoms with Crippen molar-refractivity contribution in [1.29, 1.82) is 0 Å². The van der Waals surface area contributed by atoms with Crippen molar-refractivity contribution < 1.29 is 37.8 Å². The maximum absolute atomic E-state index is 13.6. The van der Waals surface area contributed by atoms with Crippen LogP contribution in [-0.2, 0) is 21.0 Å². The molecular weight excluding hydrogens is 562 g/mol. The van der Waals surface area contributed by atoms with E-state index in [1.54, 1.807) is 48.5 Å². The van der Waals surface area contributed by atoms with Gasteiger partial charge in [-0.1, -0.05) is 61.4 Å². The lowest BCUT2D eigenvalue weighted by atomic mass is 10.1. The number of carbonyl (C=O) groups excluding carboxylic acids is 2. The second kappa shape index (κ2) is 19.0. The van der Waals surface area contributed by atoms with Gasteiger partial charge in [0.25, 0.3) is 11.0 Å². The number of hydrogen-bond donors (Lipinski definition) is 1. The fourth-order valence-electron chi connectivity index (χ4n) is 4.12. The first-order valence-electron chi connectivity index (χ1n) is 14.3. The summed E-state index contributed by atoms with van der Waals surface area (Å²) in [7, 11) is 0. The van der Waals surface area contributed by atoms with Crippen LogP contribution in [0.3, 0.4) is 0 Å². The number of nitrogens with zero attached hydrogens (tertiary/aromatic N) is 1. The number of hydrogen-bond acceptors (Lipinski definition) is 7. The standard InChI is InChI=1S/C17H22N2O6.C15H18F2O/c1-3-4-5-6-10-16(20)18-13(2)17(21)25-15-9-7-8-14(11-15)12-24-19(22)23;16-15(17,11-10-13-6-4-5-7-13)12-18-14-8-2-1-3-9-14/h3-4,7-9,11,13H,5-6,10,12H2,1-2H3,(H,18,20);1-3,8-11,13H,4-7,12H2/b4-3-;11-10+. The van der Waals surface area contributed by atoms with Gasteiger partial charge in [0.05, 0.1) is 0 Å². The average molecular weight is 603 g/mol. The minimum absolute atomic E-state index is 0.220. The SMILES string of the molecule is C/C=C\CCCC(=O)NC(C)C(=O)Oc1cccc(CO[N+](=O)[O-])c1.FC(F)(/C=C/C1CCCC1)COc1ccccc1. The number of alkyl halides is 2. The molecule has 0 saturated heterocycles. The van der Waals surface area contributed by atoms with Crippen LogP contribution in [0.25, 0.3) is 0 Å². The minimum Gasteiger partial charge on any atom is -0.487 e. The monoisotopic (exact) mass is 602 g/mol. The summed E-state index contributed by atoms with van der Waals surface area (Å²) in [6.45, 7) is 2.61. The van der Waals surface area contributed by atoms with Crippen LogP contribution < -0.4 is 14.8 Å². The lowest BCUT2D eigenvalue weighted by molar-refractivity contribution is -0.763. The van der Waals surface area contributed by atoms with E-state index in [1.807, 2.05) is 25.1 Å². The number of allylic oxidation sites excluding steroid dienone is 3. The van der Waals surface area contributed by atoms with Gasteiger partial charge in [0.15, 0.2) is 6.61 Å². The predicted molar refractivity (Wildman–Crippen MR) is 158 cm³/mol. The quantitative estimate of drug-likeness (QED) is 0.0583. The summed E-state index contributed by atoms with van der Waals surface area (Å²) in [4.78, 5) is 38.2. The lowest BCUT2D eigenvalue weighted by Crippen LogP contribution is -2.40. The highest BCUT2D eigenvalue weighted by molar-refractivity contribution is 5.85. The van der Waals surface area contributed by atoms with Gasteiger partial charge in [-0.15, -0.1) is 10.1 Å². The zero-order chi connectivity index (χ0) is 31.5. The molecule has 3 rings (SSSR count). The van der Waals surface area contributed by atoms with E-state index in [1.165, 1.54) is 13.0 Å². The van der Waals surface area contributed by atoms with Gasteiger partial charge < -0.3 is 19.6 Å². The summed E-state index contributed by atoms with van der Waals surface area (Å²) < 4.78 is 37.4. The van der Waals surface area contributed by atoms with Crippen LogP contribution in [0.2, 0.25) is 0 Å². The number of halogens is 2. The lowest BCUT2D eigenvalue weighted by Gasteiger charge is -2.14. The predicted octanol–water partition coefficient (Wildman–Crippen LogP) is 7.00. The number of nitrogens with one attached hydrogen (secondary N) is 1. The summed E-state index contributed by atoms with van der Waals surface area (Å²) in [6, 6.07) is 14.1. The molecule has 0 heterocycles. The molecule has 2 aromatic carbocycles. The fourth-order valence-corrected chi connectivity index (χ4v) is 4.12. The van der Waals surface area contributed by atoms with Gasteiger partial charge in [-0.05, 0) is 81.4 Å². The smallest absolute Gasteiger partial charge is 0.333 e. The second-order valence-corrected chi connectivity index (χ2v) is 10.1. The number of carbonyl (C=O) groups is 2. The van der Waals surface area contributed by atoms with Crippen molar-refractivity contribution in [2.45, 2.75) is 77.4 Å².